The number of aryl methyl sites for hydroxylation is 2. The van der Waals surface area contributed by atoms with E-state index >= 15 is 0 Å². The van der Waals surface area contributed by atoms with E-state index in [4.69, 9.17) is 0 Å². The number of rotatable bonds is 7. The van der Waals surface area contributed by atoms with Crippen LogP contribution in [0.3, 0.4) is 0 Å². The third-order valence-corrected chi connectivity index (χ3v) is 4.17. The Kier molecular flexibility index (Phi) is 10.6. The van der Waals surface area contributed by atoms with Crippen molar-refractivity contribution in [1.29, 1.82) is 0 Å². The molecule has 1 rings (SSSR count). The van der Waals surface area contributed by atoms with Crippen molar-refractivity contribution >= 4 is 11.3 Å². The molecule has 1 unspecified atom stereocenters. The van der Waals surface area contributed by atoms with E-state index < -0.39 is 0 Å². The van der Waals surface area contributed by atoms with Gasteiger partial charge in [0.2, 0.25) is 0 Å². The molecule has 1 atom stereocenters. The maximum Gasteiger partial charge on any atom is 0.00480 e. The molecule has 0 aliphatic rings. The average molecular weight is 254 g/mol. The number of thiophene rings is 1. The highest BCUT2D eigenvalue weighted by atomic mass is 32.1. The van der Waals surface area contributed by atoms with Crippen molar-refractivity contribution in [2.45, 2.75) is 73.1 Å². The molecule has 0 saturated heterocycles. The minimum atomic E-state index is 0.925. The summed E-state index contributed by atoms with van der Waals surface area (Å²) in [5, 5.41) is 0. The van der Waals surface area contributed by atoms with Crippen molar-refractivity contribution in [2.24, 2.45) is 5.92 Å². The lowest BCUT2D eigenvalue weighted by Gasteiger charge is -2.06. The van der Waals surface area contributed by atoms with Crippen LogP contribution < -0.4 is 0 Å². The zero-order valence-electron chi connectivity index (χ0n) is 12.4. The molecule has 0 aromatic carbocycles. The van der Waals surface area contributed by atoms with Gasteiger partial charge in [-0.05, 0) is 37.8 Å². The molecule has 17 heavy (non-hydrogen) atoms. The molecule has 0 nitrogen and oxygen atoms in total. The van der Waals surface area contributed by atoms with Crippen molar-refractivity contribution in [2.75, 3.05) is 0 Å². The van der Waals surface area contributed by atoms with Gasteiger partial charge in [0.05, 0.1) is 0 Å². The maximum atomic E-state index is 2.36. The van der Waals surface area contributed by atoms with E-state index in [-0.39, 0.29) is 0 Å². The van der Waals surface area contributed by atoms with Crippen molar-refractivity contribution in [1.82, 2.24) is 0 Å². The van der Waals surface area contributed by atoms with E-state index in [1.807, 2.05) is 25.2 Å². The summed E-state index contributed by atoms with van der Waals surface area (Å²) < 4.78 is 0. The second kappa shape index (κ2) is 10.8. The summed E-state index contributed by atoms with van der Waals surface area (Å²) in [6.07, 6.45) is 8.24. The molecule has 0 N–H and O–H groups in total. The van der Waals surface area contributed by atoms with Crippen LogP contribution in [0.4, 0.5) is 0 Å². The van der Waals surface area contributed by atoms with Gasteiger partial charge in [-0.2, -0.15) is 0 Å². The summed E-state index contributed by atoms with van der Waals surface area (Å²) in [5.41, 5.74) is 0. The predicted octanol–water partition coefficient (Wildman–Crippen LogP) is 6.23. The standard InChI is InChI=1S/C14H24S.C2H6/c1-4-12(2)8-6-5-7-9-14-11-10-13(3)15-14;1-2/h10-12H,4-9H2,1-3H3;1-2H3. The van der Waals surface area contributed by atoms with Crippen LogP contribution in [0.25, 0.3) is 0 Å². The molecule has 0 amide bonds. The van der Waals surface area contributed by atoms with Crippen LogP contribution in [0.2, 0.25) is 0 Å². The molecule has 100 valence electrons. The van der Waals surface area contributed by atoms with E-state index in [2.05, 4.69) is 32.9 Å². The zero-order valence-corrected chi connectivity index (χ0v) is 13.2. The van der Waals surface area contributed by atoms with Crippen molar-refractivity contribution in [3.05, 3.63) is 21.9 Å². The Morgan fingerprint density at radius 3 is 2.35 bits per heavy atom. The van der Waals surface area contributed by atoms with Crippen LogP contribution in [0.1, 0.15) is 69.6 Å². The molecule has 0 aliphatic carbocycles. The second-order valence-electron chi connectivity index (χ2n) is 4.63. The van der Waals surface area contributed by atoms with Crippen LogP contribution in [-0.2, 0) is 6.42 Å². The Bertz CT molecular complexity index is 262. The summed E-state index contributed by atoms with van der Waals surface area (Å²) in [7, 11) is 0. The first kappa shape index (κ1) is 16.7. The minimum Gasteiger partial charge on any atom is -0.146 e. The Morgan fingerprint density at radius 1 is 1.12 bits per heavy atom. The normalized spacial score (nSPS) is 11.8. The first-order chi connectivity index (χ1) is 8.22. The van der Waals surface area contributed by atoms with Crippen LogP contribution in [-0.4, -0.2) is 0 Å². The third-order valence-electron chi connectivity index (χ3n) is 3.11. The van der Waals surface area contributed by atoms with Gasteiger partial charge < -0.3 is 0 Å². The van der Waals surface area contributed by atoms with E-state index in [0.717, 1.165) is 5.92 Å². The highest BCUT2D eigenvalue weighted by Gasteiger charge is 1.99. The van der Waals surface area contributed by atoms with E-state index in [0.29, 0.717) is 0 Å². The van der Waals surface area contributed by atoms with E-state index in [1.165, 1.54) is 43.4 Å². The van der Waals surface area contributed by atoms with Crippen LogP contribution in [0.5, 0.6) is 0 Å². The van der Waals surface area contributed by atoms with Gasteiger partial charge in [0.25, 0.3) is 0 Å². The molecule has 1 aromatic heterocycles. The fourth-order valence-corrected chi connectivity index (χ4v) is 2.72. The number of hydrogen-bond donors (Lipinski definition) is 0. The van der Waals surface area contributed by atoms with Gasteiger partial charge in [0, 0.05) is 9.75 Å². The first-order valence-electron chi connectivity index (χ1n) is 7.27. The molecule has 1 heterocycles. The number of hydrogen-bond acceptors (Lipinski definition) is 1. The van der Waals surface area contributed by atoms with Crippen LogP contribution in [0.15, 0.2) is 12.1 Å². The number of unbranched alkanes of at least 4 members (excludes halogenated alkanes) is 2. The zero-order chi connectivity index (χ0) is 13.1. The van der Waals surface area contributed by atoms with Gasteiger partial charge >= 0.3 is 0 Å². The minimum absolute atomic E-state index is 0.925. The van der Waals surface area contributed by atoms with Crippen LogP contribution >= 0.6 is 11.3 Å². The Hall–Kier alpha value is -0.300. The molecule has 1 aromatic rings. The molecule has 0 saturated carbocycles. The lowest BCUT2D eigenvalue weighted by Crippen LogP contribution is -1.92. The molecule has 1 heteroatoms. The molecule has 0 bridgehead atoms. The lowest BCUT2D eigenvalue weighted by molar-refractivity contribution is 0.479. The summed E-state index contributed by atoms with van der Waals surface area (Å²) in [4.78, 5) is 3.01. The van der Waals surface area contributed by atoms with E-state index in [1.54, 1.807) is 4.88 Å². The summed E-state index contributed by atoms with van der Waals surface area (Å²) in [6, 6.07) is 4.52. The molecule has 0 radical (unpaired) electrons. The SMILES string of the molecule is CC.CCC(C)CCCCCc1ccc(C)s1. The summed E-state index contributed by atoms with van der Waals surface area (Å²) in [5.74, 6) is 0.925. The Balaban J connectivity index is 0.00000121. The van der Waals surface area contributed by atoms with Gasteiger partial charge in [0.15, 0.2) is 0 Å². The fourth-order valence-electron chi connectivity index (χ4n) is 1.79. The van der Waals surface area contributed by atoms with Gasteiger partial charge in [-0.1, -0.05) is 53.4 Å². The molecule has 0 spiro atoms. The highest BCUT2D eigenvalue weighted by Crippen LogP contribution is 2.19. The first-order valence-corrected chi connectivity index (χ1v) is 8.09. The predicted molar refractivity (Wildman–Crippen MR) is 82.0 cm³/mol. The second-order valence-corrected chi connectivity index (χ2v) is 6.00. The topological polar surface area (TPSA) is 0 Å². The Labute approximate surface area is 112 Å². The van der Waals surface area contributed by atoms with Gasteiger partial charge in [-0.3, -0.25) is 0 Å². The molecular weight excluding hydrogens is 224 g/mol. The maximum absolute atomic E-state index is 2.36. The highest BCUT2D eigenvalue weighted by molar-refractivity contribution is 7.11. The van der Waals surface area contributed by atoms with Gasteiger partial charge in [0.1, 0.15) is 0 Å². The smallest absolute Gasteiger partial charge is 0.00480 e. The van der Waals surface area contributed by atoms with E-state index in [9.17, 15) is 0 Å². The summed E-state index contributed by atoms with van der Waals surface area (Å²) >= 11 is 1.96. The van der Waals surface area contributed by atoms with Crippen molar-refractivity contribution in [3.8, 4) is 0 Å². The molecule has 0 aliphatic heterocycles. The largest absolute Gasteiger partial charge is 0.146 e. The van der Waals surface area contributed by atoms with Gasteiger partial charge in [-0.15, -0.1) is 11.3 Å². The quantitative estimate of drug-likeness (QED) is 0.506. The molecular formula is C16H30S. The third kappa shape index (κ3) is 8.43. The van der Waals surface area contributed by atoms with Gasteiger partial charge in [-0.25, -0.2) is 0 Å². The van der Waals surface area contributed by atoms with Crippen LogP contribution in [0, 0.1) is 12.8 Å². The van der Waals surface area contributed by atoms with Crippen molar-refractivity contribution < 1.29 is 0 Å². The lowest BCUT2D eigenvalue weighted by atomic mass is 10.0. The Morgan fingerprint density at radius 2 is 1.82 bits per heavy atom. The fraction of sp³-hybridized carbons (Fsp3) is 0.750. The molecule has 0 fully saturated rings. The van der Waals surface area contributed by atoms with Crippen molar-refractivity contribution in [3.63, 3.8) is 0 Å². The monoisotopic (exact) mass is 254 g/mol. The average Bonchev–Trinajstić information content (AvgIpc) is 2.77. The summed E-state index contributed by atoms with van der Waals surface area (Å²) in [6.45, 7) is 10.8.